The fourth-order valence-electron chi connectivity index (χ4n) is 5.30. The topological polar surface area (TPSA) is 49.8 Å². The summed E-state index contributed by atoms with van der Waals surface area (Å²) in [5, 5.41) is 11.0. The van der Waals surface area contributed by atoms with E-state index >= 15 is 0 Å². The van der Waals surface area contributed by atoms with Gasteiger partial charge in [0.05, 0.1) is 18.6 Å². The van der Waals surface area contributed by atoms with E-state index in [9.17, 15) is 9.90 Å². The number of phenolic OH excluding ortho intramolecular Hbond substituents is 1. The van der Waals surface area contributed by atoms with Crippen LogP contribution in [-0.4, -0.2) is 17.6 Å². The Balaban J connectivity index is 1.52. The summed E-state index contributed by atoms with van der Waals surface area (Å²) in [7, 11) is 0. The summed E-state index contributed by atoms with van der Waals surface area (Å²) in [6.45, 7) is 0.655. The van der Waals surface area contributed by atoms with E-state index in [0.717, 1.165) is 46.5 Å². The molecule has 0 saturated heterocycles. The molecule has 1 N–H and O–H groups in total. The summed E-state index contributed by atoms with van der Waals surface area (Å²) in [6.07, 6.45) is 1.80. The van der Waals surface area contributed by atoms with Crippen molar-refractivity contribution < 1.29 is 14.6 Å². The Hall–Kier alpha value is -4.05. The van der Waals surface area contributed by atoms with E-state index in [2.05, 4.69) is 24.3 Å². The van der Waals surface area contributed by atoms with Gasteiger partial charge < -0.3 is 9.84 Å². The lowest BCUT2D eigenvalue weighted by molar-refractivity contribution is -0.118. The van der Waals surface area contributed by atoms with Crippen molar-refractivity contribution in [2.24, 2.45) is 0 Å². The monoisotopic (exact) mass is 447 g/mol. The van der Waals surface area contributed by atoms with Crippen molar-refractivity contribution in [1.82, 2.24) is 0 Å². The second-order valence-electron chi connectivity index (χ2n) is 8.89. The first-order valence-corrected chi connectivity index (χ1v) is 11.7. The SMILES string of the molecule is O=C1C(c2cc3c(cc2O)CCCO3)c2ccccc2N1C(c1ccccc1)c1ccccc1. The third-order valence-corrected chi connectivity index (χ3v) is 6.85. The van der Waals surface area contributed by atoms with Crippen LogP contribution >= 0.6 is 0 Å². The minimum atomic E-state index is -0.595. The normalized spacial score (nSPS) is 16.8. The molecule has 4 heteroatoms. The molecule has 4 aromatic carbocycles. The first-order valence-electron chi connectivity index (χ1n) is 11.7. The number of hydrogen-bond acceptors (Lipinski definition) is 3. The number of aromatic hydroxyl groups is 1. The Bertz CT molecular complexity index is 1310. The van der Waals surface area contributed by atoms with Gasteiger partial charge in [-0.05, 0) is 53.3 Å². The predicted molar refractivity (Wildman–Crippen MR) is 132 cm³/mol. The van der Waals surface area contributed by atoms with Crippen LogP contribution in [0.3, 0.4) is 0 Å². The molecule has 4 aromatic rings. The minimum Gasteiger partial charge on any atom is -0.508 e. The number of carbonyl (C=O) groups is 1. The van der Waals surface area contributed by atoms with Crippen LogP contribution in [0, 0.1) is 0 Å². The van der Waals surface area contributed by atoms with Crippen molar-refractivity contribution >= 4 is 11.6 Å². The zero-order valence-electron chi connectivity index (χ0n) is 18.7. The molecule has 4 nitrogen and oxygen atoms in total. The summed E-state index contributed by atoms with van der Waals surface area (Å²) in [6, 6.07) is 31.5. The number of phenols is 1. The number of fused-ring (bicyclic) bond motifs is 2. The van der Waals surface area contributed by atoms with Gasteiger partial charge in [-0.3, -0.25) is 9.69 Å². The summed E-state index contributed by atoms with van der Waals surface area (Å²) in [5.41, 5.74) is 5.43. The molecule has 0 fully saturated rings. The number of rotatable bonds is 4. The van der Waals surface area contributed by atoms with Crippen molar-refractivity contribution in [2.45, 2.75) is 24.8 Å². The van der Waals surface area contributed by atoms with Gasteiger partial charge in [-0.15, -0.1) is 0 Å². The van der Waals surface area contributed by atoms with Gasteiger partial charge in [0.25, 0.3) is 0 Å². The Kier molecular flexibility index (Phi) is 5.06. The number of para-hydroxylation sites is 1. The second-order valence-corrected chi connectivity index (χ2v) is 8.89. The summed E-state index contributed by atoms with van der Waals surface area (Å²) in [4.78, 5) is 16.1. The largest absolute Gasteiger partial charge is 0.508 e. The molecule has 6 rings (SSSR count). The van der Waals surface area contributed by atoms with Crippen LogP contribution in [0.2, 0.25) is 0 Å². The van der Waals surface area contributed by atoms with Gasteiger partial charge >= 0.3 is 0 Å². The smallest absolute Gasteiger partial charge is 0.240 e. The van der Waals surface area contributed by atoms with Crippen LogP contribution in [0.4, 0.5) is 5.69 Å². The minimum absolute atomic E-state index is 0.0510. The maximum Gasteiger partial charge on any atom is 0.240 e. The lowest BCUT2D eigenvalue weighted by Crippen LogP contribution is -2.34. The second kappa shape index (κ2) is 8.38. The molecule has 2 heterocycles. The van der Waals surface area contributed by atoms with Gasteiger partial charge in [-0.2, -0.15) is 0 Å². The van der Waals surface area contributed by atoms with Gasteiger partial charge in [-0.1, -0.05) is 78.9 Å². The highest BCUT2D eigenvalue weighted by Gasteiger charge is 2.43. The molecule has 0 saturated carbocycles. The molecule has 0 aliphatic carbocycles. The molecule has 34 heavy (non-hydrogen) atoms. The number of amides is 1. The molecular weight excluding hydrogens is 422 g/mol. The standard InChI is InChI=1S/C30H25NO3/c32-26-18-22-14-9-17-34-27(22)19-24(26)28-23-15-7-8-16-25(23)31(30(28)33)29(20-10-3-1-4-11-20)21-12-5-2-6-13-21/h1-8,10-13,15-16,18-19,28-29,32H,9,14,17H2. The number of anilines is 1. The third-order valence-electron chi connectivity index (χ3n) is 6.85. The van der Waals surface area contributed by atoms with Crippen molar-refractivity contribution in [3.8, 4) is 11.5 Å². The highest BCUT2D eigenvalue weighted by molar-refractivity contribution is 6.08. The molecule has 1 amide bonds. The number of carbonyl (C=O) groups excluding carboxylic acids is 1. The van der Waals surface area contributed by atoms with E-state index in [-0.39, 0.29) is 17.7 Å². The first kappa shape index (κ1) is 20.5. The Morgan fingerprint density at radius 3 is 2.18 bits per heavy atom. The van der Waals surface area contributed by atoms with Crippen LogP contribution in [0.25, 0.3) is 0 Å². The number of aryl methyl sites for hydroxylation is 1. The average Bonchev–Trinajstić information content (AvgIpc) is 3.17. The zero-order chi connectivity index (χ0) is 23.1. The highest BCUT2D eigenvalue weighted by atomic mass is 16.5. The van der Waals surface area contributed by atoms with Gasteiger partial charge in [0.15, 0.2) is 0 Å². The van der Waals surface area contributed by atoms with Gasteiger partial charge in [-0.25, -0.2) is 0 Å². The van der Waals surface area contributed by atoms with Crippen molar-refractivity contribution in [1.29, 1.82) is 0 Å². The molecule has 1 atom stereocenters. The molecule has 0 radical (unpaired) electrons. The van der Waals surface area contributed by atoms with E-state index in [0.29, 0.717) is 12.2 Å². The van der Waals surface area contributed by atoms with Crippen molar-refractivity contribution in [3.63, 3.8) is 0 Å². The molecule has 0 bridgehead atoms. The van der Waals surface area contributed by atoms with E-state index in [4.69, 9.17) is 4.74 Å². The van der Waals surface area contributed by atoms with E-state index in [1.807, 2.05) is 71.6 Å². The molecule has 2 aliphatic heterocycles. The molecule has 168 valence electrons. The number of benzene rings is 4. The van der Waals surface area contributed by atoms with Crippen LogP contribution < -0.4 is 9.64 Å². The van der Waals surface area contributed by atoms with Gasteiger partial charge in [0, 0.05) is 11.3 Å². The fourth-order valence-corrected chi connectivity index (χ4v) is 5.30. The first-order chi connectivity index (χ1) is 16.7. The maximum atomic E-state index is 14.2. The Morgan fingerprint density at radius 2 is 1.47 bits per heavy atom. The third kappa shape index (κ3) is 3.34. The van der Waals surface area contributed by atoms with Crippen LogP contribution in [0.15, 0.2) is 97.1 Å². The predicted octanol–water partition coefficient (Wildman–Crippen LogP) is 5.99. The lowest BCUT2D eigenvalue weighted by atomic mass is 9.89. The van der Waals surface area contributed by atoms with Gasteiger partial charge in [0.1, 0.15) is 11.5 Å². The van der Waals surface area contributed by atoms with Crippen LogP contribution in [0.5, 0.6) is 11.5 Å². The Labute approximate surface area is 199 Å². The number of ether oxygens (including phenoxy) is 1. The highest BCUT2D eigenvalue weighted by Crippen LogP contribution is 2.49. The average molecular weight is 448 g/mol. The van der Waals surface area contributed by atoms with E-state index in [1.54, 1.807) is 6.07 Å². The van der Waals surface area contributed by atoms with E-state index in [1.165, 1.54) is 0 Å². The summed E-state index contributed by atoms with van der Waals surface area (Å²) >= 11 is 0. The molecular formula is C30H25NO3. The fraction of sp³-hybridized carbons (Fsp3) is 0.167. The zero-order valence-corrected chi connectivity index (χ0v) is 18.7. The number of nitrogens with zero attached hydrogens (tertiary/aromatic N) is 1. The quantitative estimate of drug-likeness (QED) is 0.418. The van der Waals surface area contributed by atoms with Crippen LogP contribution in [0.1, 0.15) is 46.2 Å². The molecule has 2 aliphatic rings. The lowest BCUT2D eigenvalue weighted by Gasteiger charge is -2.30. The Morgan fingerprint density at radius 1 is 0.824 bits per heavy atom. The molecule has 0 spiro atoms. The van der Waals surface area contributed by atoms with E-state index < -0.39 is 5.92 Å². The summed E-state index contributed by atoms with van der Waals surface area (Å²) < 4.78 is 5.88. The van der Waals surface area contributed by atoms with Crippen molar-refractivity contribution in [3.05, 3.63) is 125 Å². The van der Waals surface area contributed by atoms with Crippen molar-refractivity contribution in [2.75, 3.05) is 11.5 Å². The van der Waals surface area contributed by atoms with Gasteiger partial charge in [0.2, 0.25) is 5.91 Å². The molecule has 0 aromatic heterocycles. The maximum absolute atomic E-state index is 14.2. The molecule has 1 unspecified atom stereocenters. The summed E-state index contributed by atoms with van der Waals surface area (Å²) in [5.74, 6) is 0.271. The number of hydrogen-bond donors (Lipinski definition) is 1. The van der Waals surface area contributed by atoms with Crippen LogP contribution in [-0.2, 0) is 11.2 Å².